The lowest BCUT2D eigenvalue weighted by atomic mass is 9.63. The first-order valence-corrected chi connectivity index (χ1v) is 4.29. The molecular weight excluding hydrogens is 140 g/mol. The van der Waals surface area contributed by atoms with E-state index in [-0.39, 0.29) is 5.60 Å². The van der Waals surface area contributed by atoms with E-state index in [9.17, 15) is 4.79 Å². The third-order valence-corrected chi connectivity index (χ3v) is 3.43. The van der Waals surface area contributed by atoms with Gasteiger partial charge in [-0.3, -0.25) is 4.79 Å². The molecule has 62 valence electrons. The zero-order chi connectivity index (χ0) is 8.06. The molecule has 2 aliphatic rings. The van der Waals surface area contributed by atoms with Crippen LogP contribution in [-0.4, -0.2) is 18.5 Å². The van der Waals surface area contributed by atoms with Crippen LogP contribution in [0.3, 0.4) is 0 Å². The van der Waals surface area contributed by atoms with Crippen LogP contribution >= 0.6 is 0 Å². The lowest BCUT2D eigenvalue weighted by Gasteiger charge is -2.47. The van der Waals surface area contributed by atoms with Crippen molar-refractivity contribution in [2.45, 2.75) is 31.8 Å². The summed E-state index contributed by atoms with van der Waals surface area (Å²) < 4.78 is 5.33. The van der Waals surface area contributed by atoms with Crippen molar-refractivity contribution in [2.75, 3.05) is 7.11 Å². The zero-order valence-corrected chi connectivity index (χ0v) is 7.09. The van der Waals surface area contributed by atoms with Gasteiger partial charge in [0.15, 0.2) is 5.78 Å². The van der Waals surface area contributed by atoms with Gasteiger partial charge in [-0.15, -0.1) is 0 Å². The fourth-order valence-corrected chi connectivity index (χ4v) is 2.76. The third kappa shape index (κ3) is 0.684. The smallest absolute Gasteiger partial charge is 0.164 e. The number of methoxy groups -OCH3 is 1. The molecule has 0 aromatic rings. The number of rotatable bonds is 1. The average molecular weight is 154 g/mol. The van der Waals surface area contributed by atoms with Crippen LogP contribution in [0.15, 0.2) is 0 Å². The number of ketones is 1. The number of hydrogen-bond acceptors (Lipinski definition) is 2. The Bertz CT molecular complexity index is 200. The predicted molar refractivity (Wildman–Crippen MR) is 41.3 cm³/mol. The predicted octanol–water partition coefficient (Wildman–Crippen LogP) is 1.39. The van der Waals surface area contributed by atoms with Crippen molar-refractivity contribution in [2.24, 2.45) is 11.8 Å². The molecule has 0 aliphatic heterocycles. The van der Waals surface area contributed by atoms with Gasteiger partial charge in [0.05, 0.1) is 0 Å². The van der Waals surface area contributed by atoms with Gasteiger partial charge in [0.25, 0.3) is 0 Å². The zero-order valence-electron chi connectivity index (χ0n) is 7.09. The van der Waals surface area contributed by atoms with Crippen molar-refractivity contribution in [1.29, 1.82) is 0 Å². The standard InChI is InChI=1S/C9H14O2/c1-6-5-9(11-2)7(6)3-4-8(9)10/h6-7H,3-5H2,1-2H3. The monoisotopic (exact) mass is 154 g/mol. The maximum atomic E-state index is 11.4. The molecule has 2 nitrogen and oxygen atoms in total. The SMILES string of the molecule is COC12CC(C)C1CCC2=O. The van der Waals surface area contributed by atoms with Gasteiger partial charge < -0.3 is 4.74 Å². The molecule has 0 aromatic carbocycles. The number of ether oxygens (including phenoxy) is 1. The Morgan fingerprint density at radius 3 is 2.82 bits per heavy atom. The molecule has 2 heteroatoms. The largest absolute Gasteiger partial charge is 0.370 e. The van der Waals surface area contributed by atoms with E-state index < -0.39 is 0 Å². The van der Waals surface area contributed by atoms with E-state index in [1.165, 1.54) is 0 Å². The lowest BCUT2D eigenvalue weighted by molar-refractivity contribution is -0.165. The molecule has 0 heterocycles. The second kappa shape index (κ2) is 2.07. The van der Waals surface area contributed by atoms with Crippen molar-refractivity contribution in [3.63, 3.8) is 0 Å². The Kier molecular flexibility index (Phi) is 1.37. The highest BCUT2D eigenvalue weighted by Gasteiger charge is 2.60. The molecule has 2 fully saturated rings. The molecule has 0 saturated heterocycles. The summed E-state index contributed by atoms with van der Waals surface area (Å²) in [5.74, 6) is 1.56. The molecule has 0 aromatic heterocycles. The van der Waals surface area contributed by atoms with Crippen LogP contribution in [0.25, 0.3) is 0 Å². The van der Waals surface area contributed by atoms with Gasteiger partial charge in [-0.2, -0.15) is 0 Å². The molecule has 2 rings (SSSR count). The van der Waals surface area contributed by atoms with Crippen LogP contribution in [0.1, 0.15) is 26.2 Å². The van der Waals surface area contributed by atoms with Crippen LogP contribution in [0, 0.1) is 11.8 Å². The maximum Gasteiger partial charge on any atom is 0.164 e. The summed E-state index contributed by atoms with van der Waals surface area (Å²) in [6, 6.07) is 0. The molecule has 0 radical (unpaired) electrons. The molecule has 0 N–H and O–H groups in total. The van der Waals surface area contributed by atoms with E-state index >= 15 is 0 Å². The van der Waals surface area contributed by atoms with Crippen LogP contribution in [0.5, 0.6) is 0 Å². The van der Waals surface area contributed by atoms with Gasteiger partial charge >= 0.3 is 0 Å². The number of Topliss-reactive ketones (excluding diaryl/α,β-unsaturated/α-hetero) is 1. The third-order valence-electron chi connectivity index (χ3n) is 3.43. The van der Waals surface area contributed by atoms with Gasteiger partial charge in [0.1, 0.15) is 5.60 Å². The second-order valence-electron chi connectivity index (χ2n) is 3.84. The summed E-state index contributed by atoms with van der Waals surface area (Å²) in [6.07, 6.45) is 2.74. The van der Waals surface area contributed by atoms with Gasteiger partial charge in [-0.1, -0.05) is 6.92 Å². The first-order chi connectivity index (χ1) is 5.20. The summed E-state index contributed by atoms with van der Waals surface area (Å²) in [7, 11) is 1.67. The van der Waals surface area contributed by atoms with Crippen molar-refractivity contribution in [1.82, 2.24) is 0 Å². The Hall–Kier alpha value is -0.370. The van der Waals surface area contributed by atoms with Crippen molar-refractivity contribution in [3.05, 3.63) is 0 Å². The van der Waals surface area contributed by atoms with E-state index in [0.717, 1.165) is 19.3 Å². The number of carbonyl (C=O) groups excluding carboxylic acids is 1. The molecule has 2 saturated carbocycles. The second-order valence-corrected chi connectivity index (χ2v) is 3.84. The van der Waals surface area contributed by atoms with Crippen LogP contribution in [0.4, 0.5) is 0 Å². The normalized spacial score (nSPS) is 48.7. The van der Waals surface area contributed by atoms with Crippen molar-refractivity contribution in [3.8, 4) is 0 Å². The van der Waals surface area contributed by atoms with Gasteiger partial charge in [-0.25, -0.2) is 0 Å². The minimum atomic E-state index is -0.334. The Balaban J connectivity index is 2.23. The summed E-state index contributed by atoms with van der Waals surface area (Å²) >= 11 is 0. The topological polar surface area (TPSA) is 26.3 Å². The lowest BCUT2D eigenvalue weighted by Crippen LogP contribution is -2.55. The summed E-state index contributed by atoms with van der Waals surface area (Å²) in [6.45, 7) is 2.21. The van der Waals surface area contributed by atoms with Gasteiger partial charge in [0, 0.05) is 13.5 Å². The maximum absolute atomic E-state index is 11.4. The Morgan fingerprint density at radius 1 is 1.64 bits per heavy atom. The molecule has 2 aliphatic carbocycles. The molecule has 0 bridgehead atoms. The number of carbonyl (C=O) groups is 1. The number of hydrogen-bond donors (Lipinski definition) is 0. The van der Waals surface area contributed by atoms with Gasteiger partial charge in [-0.05, 0) is 24.7 Å². The first kappa shape index (κ1) is 7.29. The van der Waals surface area contributed by atoms with Crippen LogP contribution in [0.2, 0.25) is 0 Å². The van der Waals surface area contributed by atoms with E-state index in [0.29, 0.717) is 17.6 Å². The molecule has 0 amide bonds. The minimum absolute atomic E-state index is 0.334. The number of fused-ring (bicyclic) bond motifs is 1. The van der Waals surface area contributed by atoms with Crippen molar-refractivity contribution < 1.29 is 9.53 Å². The summed E-state index contributed by atoms with van der Waals surface area (Å²) in [4.78, 5) is 11.4. The highest BCUT2D eigenvalue weighted by atomic mass is 16.5. The van der Waals surface area contributed by atoms with E-state index in [1.54, 1.807) is 7.11 Å². The van der Waals surface area contributed by atoms with E-state index in [4.69, 9.17) is 4.74 Å². The van der Waals surface area contributed by atoms with E-state index in [2.05, 4.69) is 6.92 Å². The highest BCUT2D eigenvalue weighted by molar-refractivity contribution is 5.91. The van der Waals surface area contributed by atoms with Crippen molar-refractivity contribution >= 4 is 5.78 Å². The Morgan fingerprint density at radius 2 is 2.36 bits per heavy atom. The fourth-order valence-electron chi connectivity index (χ4n) is 2.76. The summed E-state index contributed by atoms with van der Waals surface area (Å²) in [5.41, 5.74) is -0.334. The minimum Gasteiger partial charge on any atom is -0.370 e. The molecule has 3 unspecified atom stereocenters. The Labute approximate surface area is 66.9 Å². The van der Waals surface area contributed by atoms with Crippen LogP contribution < -0.4 is 0 Å². The fraction of sp³-hybridized carbons (Fsp3) is 0.889. The summed E-state index contributed by atoms with van der Waals surface area (Å²) in [5, 5.41) is 0. The quantitative estimate of drug-likeness (QED) is 0.570. The van der Waals surface area contributed by atoms with E-state index in [1.807, 2.05) is 0 Å². The molecule has 0 spiro atoms. The first-order valence-electron chi connectivity index (χ1n) is 4.29. The average Bonchev–Trinajstić information content (AvgIpc) is 2.23. The van der Waals surface area contributed by atoms with Gasteiger partial charge in [0.2, 0.25) is 0 Å². The molecule has 3 atom stereocenters. The highest BCUT2D eigenvalue weighted by Crippen LogP contribution is 2.54. The molecular formula is C9H14O2. The van der Waals surface area contributed by atoms with Crippen LogP contribution in [-0.2, 0) is 9.53 Å². The molecule has 11 heavy (non-hydrogen) atoms.